The summed E-state index contributed by atoms with van der Waals surface area (Å²) in [5.74, 6) is 0.0902. The lowest BCUT2D eigenvalue weighted by molar-refractivity contribution is 0.155. The number of rotatable bonds is 4. The number of hydrogen-bond acceptors (Lipinski definition) is 4. The van der Waals surface area contributed by atoms with Gasteiger partial charge in [-0.05, 0) is 12.0 Å². The summed E-state index contributed by atoms with van der Waals surface area (Å²) in [6, 6.07) is 10.7. The minimum atomic E-state index is -0.662. The number of aryl methyl sites for hydroxylation is 1. The maximum absolute atomic E-state index is 11.6. The van der Waals surface area contributed by atoms with Crippen LogP contribution in [-0.2, 0) is 17.8 Å². The van der Waals surface area contributed by atoms with Crippen LogP contribution in [0.2, 0.25) is 0 Å². The molecule has 0 radical (unpaired) electrons. The number of nitrogens with one attached hydrogen (secondary N) is 2. The fourth-order valence-electron chi connectivity index (χ4n) is 1.60. The van der Waals surface area contributed by atoms with E-state index >= 15 is 0 Å². The maximum Gasteiger partial charge on any atom is 0.414 e. The van der Waals surface area contributed by atoms with Crippen molar-refractivity contribution in [1.29, 1.82) is 0 Å². The number of ether oxygens (including phenoxy) is 1. The smallest absolute Gasteiger partial charge is 0.414 e. The SMILES string of the molecule is CCc1cc(=O)[nH]c(NC(=O)OCc2ccccc2)n1. The maximum atomic E-state index is 11.6. The topological polar surface area (TPSA) is 84.1 Å². The van der Waals surface area contributed by atoms with E-state index in [9.17, 15) is 9.59 Å². The van der Waals surface area contributed by atoms with Gasteiger partial charge in [0.2, 0.25) is 5.95 Å². The zero-order valence-corrected chi connectivity index (χ0v) is 11.1. The van der Waals surface area contributed by atoms with Crippen LogP contribution in [-0.4, -0.2) is 16.1 Å². The van der Waals surface area contributed by atoms with Crippen molar-refractivity contribution in [3.63, 3.8) is 0 Å². The van der Waals surface area contributed by atoms with Crippen molar-refractivity contribution in [3.8, 4) is 0 Å². The third kappa shape index (κ3) is 3.94. The molecule has 1 amide bonds. The Labute approximate surface area is 115 Å². The molecule has 2 rings (SSSR count). The number of aromatic amines is 1. The highest BCUT2D eigenvalue weighted by Gasteiger charge is 2.06. The van der Waals surface area contributed by atoms with Gasteiger partial charge in [0.15, 0.2) is 0 Å². The molecule has 1 aromatic heterocycles. The second-order valence-electron chi connectivity index (χ2n) is 4.13. The van der Waals surface area contributed by atoms with Crippen molar-refractivity contribution in [1.82, 2.24) is 9.97 Å². The second kappa shape index (κ2) is 6.51. The monoisotopic (exact) mass is 273 g/mol. The van der Waals surface area contributed by atoms with Gasteiger partial charge < -0.3 is 4.74 Å². The van der Waals surface area contributed by atoms with Crippen LogP contribution in [0, 0.1) is 0 Å². The molecule has 0 saturated heterocycles. The lowest BCUT2D eigenvalue weighted by Gasteiger charge is -2.07. The summed E-state index contributed by atoms with van der Waals surface area (Å²) in [4.78, 5) is 29.5. The van der Waals surface area contributed by atoms with E-state index in [-0.39, 0.29) is 18.1 Å². The Bertz CT molecular complexity index is 638. The molecule has 6 nitrogen and oxygen atoms in total. The van der Waals surface area contributed by atoms with Crippen molar-refractivity contribution < 1.29 is 9.53 Å². The van der Waals surface area contributed by atoms with Gasteiger partial charge in [0.1, 0.15) is 6.61 Å². The van der Waals surface area contributed by atoms with E-state index in [0.717, 1.165) is 5.56 Å². The van der Waals surface area contributed by atoms with Gasteiger partial charge in [0.25, 0.3) is 5.56 Å². The lowest BCUT2D eigenvalue weighted by Crippen LogP contribution is -2.19. The summed E-state index contributed by atoms with van der Waals surface area (Å²) in [7, 11) is 0. The molecule has 20 heavy (non-hydrogen) atoms. The minimum absolute atomic E-state index is 0.0902. The van der Waals surface area contributed by atoms with Gasteiger partial charge in [-0.3, -0.25) is 15.1 Å². The number of benzene rings is 1. The van der Waals surface area contributed by atoms with Gasteiger partial charge in [-0.15, -0.1) is 0 Å². The second-order valence-corrected chi connectivity index (χ2v) is 4.13. The van der Waals surface area contributed by atoms with Gasteiger partial charge in [-0.25, -0.2) is 9.78 Å². The summed E-state index contributed by atoms with van der Waals surface area (Å²) >= 11 is 0. The molecule has 0 aliphatic heterocycles. The highest BCUT2D eigenvalue weighted by molar-refractivity contribution is 5.82. The number of H-pyrrole nitrogens is 1. The van der Waals surface area contributed by atoms with Gasteiger partial charge in [0.05, 0.1) is 0 Å². The molecule has 0 unspecified atom stereocenters. The molecule has 0 aliphatic carbocycles. The number of anilines is 1. The Kier molecular flexibility index (Phi) is 4.49. The van der Waals surface area contributed by atoms with E-state index in [1.54, 1.807) is 0 Å². The Morgan fingerprint density at radius 3 is 2.80 bits per heavy atom. The van der Waals surface area contributed by atoms with Gasteiger partial charge >= 0.3 is 6.09 Å². The molecule has 104 valence electrons. The normalized spacial score (nSPS) is 10.1. The van der Waals surface area contributed by atoms with Crippen LogP contribution in [0.15, 0.2) is 41.2 Å². The van der Waals surface area contributed by atoms with E-state index in [1.807, 2.05) is 37.3 Å². The molecule has 2 N–H and O–H groups in total. The summed E-state index contributed by atoms with van der Waals surface area (Å²) < 4.78 is 5.03. The molecular weight excluding hydrogens is 258 g/mol. The van der Waals surface area contributed by atoms with E-state index in [2.05, 4.69) is 15.3 Å². The van der Waals surface area contributed by atoms with Crippen LogP contribution >= 0.6 is 0 Å². The molecule has 6 heteroatoms. The molecule has 0 fully saturated rings. The number of carbonyl (C=O) groups excluding carboxylic acids is 1. The predicted molar refractivity (Wildman–Crippen MR) is 74.5 cm³/mol. The van der Waals surface area contributed by atoms with Crippen LogP contribution in [0.5, 0.6) is 0 Å². The van der Waals surface area contributed by atoms with Crippen molar-refractivity contribution in [2.75, 3.05) is 5.32 Å². The van der Waals surface area contributed by atoms with Crippen molar-refractivity contribution in [3.05, 3.63) is 58.0 Å². The Morgan fingerprint density at radius 1 is 1.35 bits per heavy atom. The van der Waals surface area contributed by atoms with Crippen molar-refractivity contribution >= 4 is 12.0 Å². The quantitative estimate of drug-likeness (QED) is 0.893. The first-order valence-corrected chi connectivity index (χ1v) is 6.25. The molecule has 0 saturated carbocycles. The lowest BCUT2D eigenvalue weighted by atomic mass is 10.2. The fourth-order valence-corrected chi connectivity index (χ4v) is 1.60. The van der Waals surface area contributed by atoms with Crippen molar-refractivity contribution in [2.45, 2.75) is 20.0 Å². The number of hydrogen-bond donors (Lipinski definition) is 2. The van der Waals surface area contributed by atoms with Gasteiger partial charge in [0, 0.05) is 11.8 Å². The number of nitrogens with zero attached hydrogens (tertiary/aromatic N) is 1. The predicted octanol–water partition coefficient (Wildman–Crippen LogP) is 2.08. The number of amides is 1. The standard InChI is InChI=1S/C14H15N3O3/c1-2-11-8-12(18)16-13(15-11)17-14(19)20-9-10-6-4-3-5-7-10/h3-8H,2,9H2,1H3,(H2,15,16,17,18,19). The third-order valence-corrected chi connectivity index (χ3v) is 2.59. The molecule has 2 aromatic rings. The van der Waals surface area contributed by atoms with Crippen molar-refractivity contribution in [2.24, 2.45) is 0 Å². The van der Waals surface area contributed by atoms with Crippen LogP contribution in [0.4, 0.5) is 10.7 Å². The number of aromatic nitrogens is 2. The summed E-state index contributed by atoms with van der Waals surface area (Å²) in [6.07, 6.45) is -0.0530. The first-order chi connectivity index (χ1) is 9.67. The van der Waals surface area contributed by atoms with E-state index in [0.29, 0.717) is 12.1 Å². The molecule has 0 spiro atoms. The van der Waals surface area contributed by atoms with Crippen LogP contribution < -0.4 is 10.9 Å². The highest BCUT2D eigenvalue weighted by atomic mass is 16.5. The van der Waals surface area contributed by atoms with Crippen LogP contribution in [0.3, 0.4) is 0 Å². The van der Waals surface area contributed by atoms with E-state index in [4.69, 9.17) is 4.74 Å². The summed E-state index contributed by atoms with van der Waals surface area (Å²) in [5.41, 5.74) is 1.17. The summed E-state index contributed by atoms with van der Waals surface area (Å²) in [5, 5.41) is 2.40. The first-order valence-electron chi connectivity index (χ1n) is 6.25. The number of carbonyl (C=O) groups is 1. The molecule has 0 aliphatic rings. The molecular formula is C14H15N3O3. The van der Waals surface area contributed by atoms with Crippen LogP contribution in [0.1, 0.15) is 18.2 Å². The Hall–Kier alpha value is -2.63. The largest absolute Gasteiger partial charge is 0.444 e. The molecule has 1 heterocycles. The van der Waals surface area contributed by atoms with E-state index in [1.165, 1.54) is 6.07 Å². The Balaban J connectivity index is 1.94. The van der Waals surface area contributed by atoms with E-state index < -0.39 is 6.09 Å². The third-order valence-electron chi connectivity index (χ3n) is 2.59. The average molecular weight is 273 g/mol. The summed E-state index contributed by atoms with van der Waals surface area (Å²) in [6.45, 7) is 2.03. The molecule has 0 atom stereocenters. The fraction of sp³-hybridized carbons (Fsp3) is 0.214. The van der Waals surface area contributed by atoms with Gasteiger partial charge in [-0.2, -0.15) is 0 Å². The first kappa shape index (κ1) is 13.8. The molecule has 1 aromatic carbocycles. The average Bonchev–Trinajstić information content (AvgIpc) is 2.45. The zero-order chi connectivity index (χ0) is 14.4. The molecule has 0 bridgehead atoms. The highest BCUT2D eigenvalue weighted by Crippen LogP contribution is 2.03. The minimum Gasteiger partial charge on any atom is -0.444 e. The van der Waals surface area contributed by atoms with Crippen LogP contribution in [0.25, 0.3) is 0 Å². The zero-order valence-electron chi connectivity index (χ0n) is 11.1. The Morgan fingerprint density at radius 2 is 2.10 bits per heavy atom. The van der Waals surface area contributed by atoms with Gasteiger partial charge in [-0.1, -0.05) is 37.3 Å².